The Kier molecular flexibility index (Phi) is 5.00. The first-order chi connectivity index (χ1) is 9.56. The van der Waals surface area contributed by atoms with Gasteiger partial charge in [0, 0.05) is 15.7 Å². The standard InChI is InChI=1S/C16H21BrN2O/c1-4-14-16(11(3)20)15(5-2)19(18-14)10-12-7-6-8-13(17)9-12/h6-9,11,20H,4-5,10H2,1-3H3. The van der Waals surface area contributed by atoms with Gasteiger partial charge in [0.05, 0.1) is 18.3 Å². The molecule has 0 radical (unpaired) electrons. The minimum absolute atomic E-state index is 0.462. The SMILES string of the molecule is CCc1nn(Cc2cccc(Br)c2)c(CC)c1C(C)O. The number of hydrogen-bond donors (Lipinski definition) is 1. The van der Waals surface area contributed by atoms with E-state index in [-0.39, 0.29) is 0 Å². The van der Waals surface area contributed by atoms with Gasteiger partial charge in [-0.25, -0.2) is 0 Å². The van der Waals surface area contributed by atoms with Gasteiger partial charge in [-0.3, -0.25) is 4.68 Å². The van der Waals surface area contributed by atoms with E-state index in [4.69, 9.17) is 0 Å². The first kappa shape index (κ1) is 15.3. The zero-order chi connectivity index (χ0) is 14.7. The predicted octanol–water partition coefficient (Wildman–Crippen LogP) is 3.87. The van der Waals surface area contributed by atoms with Crippen LogP contribution in [0.4, 0.5) is 0 Å². The molecule has 0 spiro atoms. The van der Waals surface area contributed by atoms with Gasteiger partial charge in [-0.1, -0.05) is 41.9 Å². The maximum absolute atomic E-state index is 10.0. The Morgan fingerprint density at radius 1 is 1.30 bits per heavy atom. The second-order valence-electron chi connectivity index (χ2n) is 4.98. The van der Waals surface area contributed by atoms with Gasteiger partial charge in [0.25, 0.3) is 0 Å². The highest BCUT2D eigenvalue weighted by molar-refractivity contribution is 9.10. The van der Waals surface area contributed by atoms with Crippen LogP contribution < -0.4 is 0 Å². The summed E-state index contributed by atoms with van der Waals surface area (Å²) in [7, 11) is 0. The maximum Gasteiger partial charge on any atom is 0.0798 e. The Balaban J connectivity index is 2.41. The number of benzene rings is 1. The quantitative estimate of drug-likeness (QED) is 0.899. The Hall–Kier alpha value is -1.13. The molecule has 0 saturated carbocycles. The summed E-state index contributed by atoms with van der Waals surface area (Å²) in [6.45, 7) is 6.75. The number of aliphatic hydroxyl groups excluding tert-OH is 1. The maximum atomic E-state index is 10.0. The van der Waals surface area contributed by atoms with Gasteiger partial charge in [-0.15, -0.1) is 0 Å². The zero-order valence-corrected chi connectivity index (χ0v) is 13.8. The fourth-order valence-electron chi connectivity index (χ4n) is 2.62. The lowest BCUT2D eigenvalue weighted by Crippen LogP contribution is -2.07. The van der Waals surface area contributed by atoms with E-state index in [0.29, 0.717) is 0 Å². The van der Waals surface area contributed by atoms with E-state index in [2.05, 4.69) is 47.0 Å². The Labute approximate surface area is 128 Å². The number of aromatic nitrogens is 2. The summed E-state index contributed by atoms with van der Waals surface area (Å²) in [5, 5.41) is 14.7. The lowest BCUT2D eigenvalue weighted by atomic mass is 10.0. The van der Waals surface area contributed by atoms with Crippen LogP contribution in [0.25, 0.3) is 0 Å². The van der Waals surface area contributed by atoms with Gasteiger partial charge in [-0.05, 0) is 37.5 Å². The summed E-state index contributed by atoms with van der Waals surface area (Å²) in [5.74, 6) is 0. The number of nitrogens with zero attached hydrogens (tertiary/aromatic N) is 2. The number of halogens is 1. The fraction of sp³-hybridized carbons (Fsp3) is 0.438. The van der Waals surface area contributed by atoms with Gasteiger partial charge in [0.15, 0.2) is 0 Å². The topological polar surface area (TPSA) is 38.0 Å². The molecule has 0 fully saturated rings. The molecule has 20 heavy (non-hydrogen) atoms. The van der Waals surface area contributed by atoms with Crippen LogP contribution in [0.1, 0.15) is 49.4 Å². The predicted molar refractivity (Wildman–Crippen MR) is 84.9 cm³/mol. The van der Waals surface area contributed by atoms with Crippen molar-refractivity contribution in [3.8, 4) is 0 Å². The second-order valence-corrected chi connectivity index (χ2v) is 5.89. The first-order valence-corrected chi connectivity index (χ1v) is 7.87. The molecule has 1 unspecified atom stereocenters. The number of aryl methyl sites for hydroxylation is 1. The normalized spacial score (nSPS) is 12.7. The summed E-state index contributed by atoms with van der Waals surface area (Å²) in [5.41, 5.74) is 4.35. The van der Waals surface area contributed by atoms with Crippen LogP contribution in [0, 0.1) is 0 Å². The molecule has 1 aromatic carbocycles. The Morgan fingerprint density at radius 3 is 2.60 bits per heavy atom. The van der Waals surface area contributed by atoms with E-state index >= 15 is 0 Å². The third-order valence-corrected chi connectivity index (χ3v) is 3.98. The van der Waals surface area contributed by atoms with Crippen molar-refractivity contribution in [3.63, 3.8) is 0 Å². The molecule has 2 aromatic rings. The third-order valence-electron chi connectivity index (χ3n) is 3.48. The fourth-order valence-corrected chi connectivity index (χ4v) is 3.07. The summed E-state index contributed by atoms with van der Waals surface area (Å²) in [4.78, 5) is 0. The van der Waals surface area contributed by atoms with Crippen molar-refractivity contribution in [1.82, 2.24) is 9.78 Å². The number of aliphatic hydroxyl groups is 1. The van der Waals surface area contributed by atoms with Crippen LogP contribution in [-0.4, -0.2) is 14.9 Å². The monoisotopic (exact) mass is 336 g/mol. The van der Waals surface area contributed by atoms with E-state index in [1.807, 2.05) is 23.7 Å². The molecule has 0 amide bonds. The Bertz CT molecular complexity index is 590. The van der Waals surface area contributed by atoms with Crippen molar-refractivity contribution in [2.24, 2.45) is 0 Å². The van der Waals surface area contributed by atoms with E-state index in [1.165, 1.54) is 5.56 Å². The van der Waals surface area contributed by atoms with E-state index in [0.717, 1.165) is 40.8 Å². The molecule has 0 aliphatic rings. The molecule has 0 aliphatic heterocycles. The lowest BCUT2D eigenvalue weighted by Gasteiger charge is -2.10. The van der Waals surface area contributed by atoms with Crippen molar-refractivity contribution < 1.29 is 5.11 Å². The van der Waals surface area contributed by atoms with Crippen LogP contribution >= 0.6 is 15.9 Å². The largest absolute Gasteiger partial charge is 0.389 e. The van der Waals surface area contributed by atoms with Crippen LogP contribution in [0.2, 0.25) is 0 Å². The molecule has 0 aliphatic carbocycles. The summed E-state index contributed by atoms with van der Waals surface area (Å²) in [6, 6.07) is 8.26. The molecular weight excluding hydrogens is 316 g/mol. The summed E-state index contributed by atoms with van der Waals surface area (Å²) < 4.78 is 3.11. The van der Waals surface area contributed by atoms with E-state index < -0.39 is 6.10 Å². The molecular formula is C16H21BrN2O. The van der Waals surface area contributed by atoms with E-state index in [9.17, 15) is 5.11 Å². The zero-order valence-electron chi connectivity index (χ0n) is 12.2. The molecule has 0 bridgehead atoms. The third kappa shape index (κ3) is 3.13. The summed E-state index contributed by atoms with van der Waals surface area (Å²) in [6.07, 6.45) is 1.26. The van der Waals surface area contributed by atoms with Crippen molar-refractivity contribution in [2.75, 3.05) is 0 Å². The molecule has 4 heteroatoms. The van der Waals surface area contributed by atoms with Crippen molar-refractivity contribution in [2.45, 2.75) is 46.3 Å². The number of hydrogen-bond acceptors (Lipinski definition) is 2. The molecule has 3 nitrogen and oxygen atoms in total. The molecule has 1 atom stereocenters. The van der Waals surface area contributed by atoms with Gasteiger partial charge in [0.1, 0.15) is 0 Å². The number of rotatable bonds is 5. The second kappa shape index (κ2) is 6.55. The highest BCUT2D eigenvalue weighted by atomic mass is 79.9. The minimum Gasteiger partial charge on any atom is -0.389 e. The van der Waals surface area contributed by atoms with Crippen LogP contribution in [-0.2, 0) is 19.4 Å². The Morgan fingerprint density at radius 2 is 2.05 bits per heavy atom. The van der Waals surface area contributed by atoms with Crippen molar-refractivity contribution >= 4 is 15.9 Å². The molecule has 108 valence electrons. The van der Waals surface area contributed by atoms with Gasteiger partial charge in [0.2, 0.25) is 0 Å². The van der Waals surface area contributed by atoms with Crippen LogP contribution in [0.15, 0.2) is 28.7 Å². The lowest BCUT2D eigenvalue weighted by molar-refractivity contribution is 0.197. The van der Waals surface area contributed by atoms with E-state index in [1.54, 1.807) is 0 Å². The smallest absolute Gasteiger partial charge is 0.0798 e. The van der Waals surface area contributed by atoms with Gasteiger partial charge < -0.3 is 5.11 Å². The van der Waals surface area contributed by atoms with Crippen LogP contribution in [0.3, 0.4) is 0 Å². The summed E-state index contributed by atoms with van der Waals surface area (Å²) >= 11 is 3.50. The average Bonchev–Trinajstić information content (AvgIpc) is 2.76. The van der Waals surface area contributed by atoms with Crippen molar-refractivity contribution in [3.05, 3.63) is 51.3 Å². The van der Waals surface area contributed by atoms with Crippen molar-refractivity contribution in [1.29, 1.82) is 0 Å². The first-order valence-electron chi connectivity index (χ1n) is 7.07. The molecule has 1 heterocycles. The molecule has 0 saturated heterocycles. The molecule has 2 rings (SSSR count). The van der Waals surface area contributed by atoms with Gasteiger partial charge in [-0.2, -0.15) is 5.10 Å². The highest BCUT2D eigenvalue weighted by Crippen LogP contribution is 2.24. The van der Waals surface area contributed by atoms with Crippen LogP contribution in [0.5, 0.6) is 0 Å². The molecule has 1 aromatic heterocycles. The van der Waals surface area contributed by atoms with Gasteiger partial charge >= 0.3 is 0 Å². The minimum atomic E-state index is -0.462. The highest BCUT2D eigenvalue weighted by Gasteiger charge is 2.19. The molecule has 1 N–H and O–H groups in total. The average molecular weight is 337 g/mol.